The average molecular weight is 530 g/mol. The molecule has 5 aromatic rings. The Kier molecular flexibility index (Phi) is 6.20. The molecule has 0 spiro atoms. The van der Waals surface area contributed by atoms with Crippen molar-refractivity contribution in [3.63, 3.8) is 0 Å². The molecule has 9 nitrogen and oxygen atoms in total. The molecule has 2 unspecified atom stereocenters. The fourth-order valence-electron chi connectivity index (χ4n) is 5.72. The van der Waals surface area contributed by atoms with Gasteiger partial charge in [-0.1, -0.05) is 36.4 Å². The predicted octanol–water partition coefficient (Wildman–Crippen LogP) is 5.15. The zero-order valence-electron chi connectivity index (χ0n) is 22.6. The third-order valence-electron chi connectivity index (χ3n) is 7.75. The summed E-state index contributed by atoms with van der Waals surface area (Å²) in [6.45, 7) is 6.84. The van der Waals surface area contributed by atoms with E-state index in [1.807, 2.05) is 44.4 Å². The molecule has 2 N–H and O–H groups in total. The monoisotopic (exact) mass is 529 g/mol. The zero-order chi connectivity index (χ0) is 27.1. The van der Waals surface area contributed by atoms with Crippen molar-refractivity contribution in [3.05, 3.63) is 96.1 Å². The number of hydrogen-bond donors (Lipinski definition) is 2. The first-order valence-electron chi connectivity index (χ1n) is 13.7. The number of rotatable bonds is 7. The number of fused-ring (bicyclic) bond motifs is 2. The summed E-state index contributed by atoms with van der Waals surface area (Å²) in [5, 5.41) is 10.4. The summed E-state index contributed by atoms with van der Waals surface area (Å²) in [6, 6.07) is 23.8. The lowest BCUT2D eigenvalue weighted by molar-refractivity contribution is -0.00874. The number of aryl methyl sites for hydroxylation is 2. The van der Waals surface area contributed by atoms with E-state index in [2.05, 4.69) is 78.8 Å². The first-order valence-corrected chi connectivity index (χ1v) is 13.7. The Morgan fingerprint density at radius 1 is 0.850 bits per heavy atom. The Labute approximate surface area is 233 Å². The van der Waals surface area contributed by atoms with Gasteiger partial charge in [-0.2, -0.15) is 5.10 Å². The van der Waals surface area contributed by atoms with Crippen molar-refractivity contribution in [2.45, 2.75) is 38.9 Å². The first-order chi connectivity index (χ1) is 19.6. The minimum absolute atomic E-state index is 0.536. The Morgan fingerprint density at radius 3 is 2.40 bits per heavy atom. The second-order valence-corrected chi connectivity index (χ2v) is 10.7. The molecule has 3 saturated heterocycles. The molecule has 3 aliphatic heterocycles. The maximum atomic E-state index is 4.81. The Bertz CT molecular complexity index is 1600. The van der Waals surface area contributed by atoms with Crippen molar-refractivity contribution in [3.8, 4) is 22.6 Å². The van der Waals surface area contributed by atoms with Crippen molar-refractivity contribution in [1.82, 2.24) is 35.0 Å². The highest BCUT2D eigenvalue weighted by atomic mass is 15.4. The highest BCUT2D eigenvalue weighted by Crippen LogP contribution is 2.35. The summed E-state index contributed by atoms with van der Waals surface area (Å²) in [4.78, 5) is 23.9. The maximum absolute atomic E-state index is 4.81. The van der Waals surface area contributed by atoms with Crippen LogP contribution in [0.4, 0.5) is 17.5 Å². The second-order valence-electron chi connectivity index (χ2n) is 10.7. The predicted molar refractivity (Wildman–Crippen MR) is 156 cm³/mol. The van der Waals surface area contributed by atoms with Crippen LogP contribution < -0.4 is 10.2 Å². The third kappa shape index (κ3) is 4.91. The number of aromatic amines is 1. The minimum atomic E-state index is 0.536. The van der Waals surface area contributed by atoms with E-state index in [9.17, 15) is 0 Å². The number of piperazine rings is 1. The Hall–Kier alpha value is -4.63. The molecular weight excluding hydrogens is 498 g/mol. The van der Waals surface area contributed by atoms with Gasteiger partial charge in [-0.05, 0) is 44.0 Å². The van der Waals surface area contributed by atoms with E-state index in [0.29, 0.717) is 23.7 Å². The summed E-state index contributed by atoms with van der Waals surface area (Å²) in [6.07, 6.45) is 5.15. The van der Waals surface area contributed by atoms with Gasteiger partial charge >= 0.3 is 0 Å². The quantitative estimate of drug-likeness (QED) is 0.299. The van der Waals surface area contributed by atoms with E-state index in [-0.39, 0.29) is 0 Å². The molecule has 8 rings (SSSR count). The van der Waals surface area contributed by atoms with E-state index in [4.69, 9.17) is 15.0 Å². The van der Waals surface area contributed by atoms with E-state index in [1.165, 1.54) is 12.0 Å². The molecule has 3 fully saturated rings. The van der Waals surface area contributed by atoms with Gasteiger partial charge in [-0.3, -0.25) is 15.0 Å². The molecule has 2 atom stereocenters. The molecule has 0 amide bonds. The van der Waals surface area contributed by atoms with Gasteiger partial charge < -0.3 is 10.2 Å². The molecule has 3 aliphatic rings. The van der Waals surface area contributed by atoms with Crippen molar-refractivity contribution in [2.24, 2.45) is 0 Å². The van der Waals surface area contributed by atoms with Crippen molar-refractivity contribution < 1.29 is 0 Å². The van der Waals surface area contributed by atoms with Crippen LogP contribution in [0, 0.1) is 13.8 Å². The Balaban J connectivity index is 0.991. The van der Waals surface area contributed by atoms with Crippen LogP contribution in [-0.2, 0) is 6.54 Å². The number of piperidine rings is 1. The lowest BCUT2D eigenvalue weighted by atomic mass is 9.87. The van der Waals surface area contributed by atoms with Gasteiger partial charge in [0.1, 0.15) is 11.6 Å². The van der Waals surface area contributed by atoms with Crippen LogP contribution in [0.2, 0.25) is 0 Å². The molecule has 7 heterocycles. The van der Waals surface area contributed by atoms with Gasteiger partial charge in [0.2, 0.25) is 0 Å². The highest BCUT2D eigenvalue weighted by Gasteiger charge is 2.44. The number of nitrogens with one attached hydrogen (secondary N) is 2. The number of hydrogen-bond acceptors (Lipinski definition) is 8. The summed E-state index contributed by atoms with van der Waals surface area (Å²) in [7, 11) is 0. The van der Waals surface area contributed by atoms with Crippen LogP contribution in [0.5, 0.6) is 0 Å². The van der Waals surface area contributed by atoms with E-state index in [1.54, 1.807) is 0 Å². The molecule has 40 heavy (non-hydrogen) atoms. The lowest BCUT2D eigenvalue weighted by Gasteiger charge is -2.56. The standard InChI is InChI=1S/C31H31N9/c1-20-12-28(35-29-13-21(2)37-38-29)36-31(34-20)24-9-11-30(33-16-24)39-18-25-14-26(19-39)40(25)17-22-8-10-27(32-15-22)23-6-4-3-5-7-23/h3-13,15-16,25-26H,14,17-19H2,1-2H3,(H2,34,35,36,37,38). The number of benzene rings is 1. The number of aromatic nitrogens is 6. The van der Waals surface area contributed by atoms with E-state index in [0.717, 1.165) is 59.5 Å². The van der Waals surface area contributed by atoms with Crippen LogP contribution in [-0.4, -0.2) is 60.2 Å². The van der Waals surface area contributed by atoms with E-state index >= 15 is 0 Å². The number of H-pyrrole nitrogens is 1. The van der Waals surface area contributed by atoms with Gasteiger partial charge in [0.05, 0.1) is 5.69 Å². The SMILES string of the molecule is Cc1cc(Nc2cc(C)[nH]n2)nc(-c2ccc(N3CC4CC(C3)N4Cc3ccc(-c4ccccc4)nc3)nc2)n1. The first kappa shape index (κ1) is 24.4. The zero-order valence-corrected chi connectivity index (χ0v) is 22.6. The molecular formula is C31H31N9. The topological polar surface area (TPSA) is 98.8 Å². The largest absolute Gasteiger partial charge is 0.353 e. The van der Waals surface area contributed by atoms with Crippen molar-refractivity contribution in [1.29, 1.82) is 0 Å². The minimum Gasteiger partial charge on any atom is -0.353 e. The number of nitrogens with zero attached hydrogens (tertiary/aromatic N) is 7. The van der Waals surface area contributed by atoms with Gasteiger partial charge in [-0.25, -0.2) is 15.0 Å². The molecule has 4 aromatic heterocycles. The molecule has 0 aliphatic carbocycles. The molecule has 0 saturated carbocycles. The van der Waals surface area contributed by atoms with Crippen LogP contribution in [0.3, 0.4) is 0 Å². The molecule has 0 radical (unpaired) electrons. The van der Waals surface area contributed by atoms with Crippen LogP contribution >= 0.6 is 0 Å². The van der Waals surface area contributed by atoms with Gasteiger partial charge in [-0.15, -0.1) is 0 Å². The molecule has 1 aromatic carbocycles. The van der Waals surface area contributed by atoms with Crippen LogP contribution in [0.1, 0.15) is 23.4 Å². The normalized spacial score (nSPS) is 18.4. The molecule has 200 valence electrons. The second kappa shape index (κ2) is 10.2. The number of anilines is 3. The fourth-order valence-corrected chi connectivity index (χ4v) is 5.72. The van der Waals surface area contributed by atoms with Crippen LogP contribution in [0.15, 0.2) is 79.1 Å². The smallest absolute Gasteiger partial charge is 0.163 e. The highest BCUT2D eigenvalue weighted by molar-refractivity contribution is 5.61. The third-order valence-corrected chi connectivity index (χ3v) is 7.75. The van der Waals surface area contributed by atoms with Gasteiger partial charge in [0.15, 0.2) is 11.6 Å². The lowest BCUT2D eigenvalue weighted by Crippen LogP contribution is -2.68. The van der Waals surface area contributed by atoms with Crippen LogP contribution in [0.25, 0.3) is 22.6 Å². The summed E-state index contributed by atoms with van der Waals surface area (Å²) in [5.41, 5.74) is 6.19. The molecule has 9 heteroatoms. The summed E-state index contributed by atoms with van der Waals surface area (Å²) >= 11 is 0. The van der Waals surface area contributed by atoms with Gasteiger partial charge in [0.25, 0.3) is 0 Å². The Morgan fingerprint density at radius 2 is 1.70 bits per heavy atom. The summed E-state index contributed by atoms with van der Waals surface area (Å²) in [5.74, 6) is 3.09. The van der Waals surface area contributed by atoms with Gasteiger partial charge in [0, 0.05) is 78.8 Å². The summed E-state index contributed by atoms with van der Waals surface area (Å²) < 4.78 is 0. The molecule has 2 bridgehead atoms. The average Bonchev–Trinajstić information content (AvgIpc) is 3.40. The number of pyridine rings is 2. The fraction of sp³-hybridized carbons (Fsp3) is 0.258. The van der Waals surface area contributed by atoms with E-state index < -0.39 is 0 Å². The van der Waals surface area contributed by atoms with Crippen molar-refractivity contribution >= 4 is 17.5 Å². The van der Waals surface area contributed by atoms with Crippen molar-refractivity contribution in [2.75, 3.05) is 23.3 Å². The maximum Gasteiger partial charge on any atom is 0.163 e.